The minimum absolute atomic E-state index is 0.304. The molecular formula is C36H30BN5O2. The standard InChI is InChI=1S/C36H30BN5O2/c1-24-10-9-11-25(2)36(24)37-40(4)35-22-39(3)23-41(35)32-21-27(16-18-33(32)44-37)43-26-15-17-29-28-12-5-6-13-30(28)42(31(29)20-26)34-14-7-8-19-38-34/h5-22H,1-4H3. The largest absolute Gasteiger partial charge is 0.591 e. The third kappa shape index (κ3) is 4.13. The maximum absolute atomic E-state index is 6.77. The Bertz CT molecular complexity index is 2180. The van der Waals surface area contributed by atoms with Crippen molar-refractivity contribution in [3.05, 3.63) is 127 Å². The molecule has 0 saturated carbocycles. The molecule has 0 unspecified atom stereocenters. The summed E-state index contributed by atoms with van der Waals surface area (Å²) in [6.45, 7) is 4.27. The lowest BCUT2D eigenvalue weighted by atomic mass is 9.67. The number of aryl methyl sites for hydroxylation is 3. The highest BCUT2D eigenvalue weighted by atomic mass is 16.5. The van der Waals surface area contributed by atoms with Crippen molar-refractivity contribution in [3.8, 4) is 28.8 Å². The van der Waals surface area contributed by atoms with E-state index < -0.39 is 0 Å². The summed E-state index contributed by atoms with van der Waals surface area (Å²) in [5.74, 6) is 4.03. The van der Waals surface area contributed by atoms with Gasteiger partial charge in [-0.1, -0.05) is 42.5 Å². The Labute approximate surface area is 256 Å². The van der Waals surface area contributed by atoms with Crippen molar-refractivity contribution in [2.75, 3.05) is 11.9 Å². The maximum atomic E-state index is 6.77. The molecule has 0 spiro atoms. The molecule has 0 saturated heterocycles. The maximum Gasteiger partial charge on any atom is 0.591 e. The summed E-state index contributed by atoms with van der Waals surface area (Å²) in [6.07, 6.45) is 7.31. The molecule has 0 N–H and O–H groups in total. The lowest BCUT2D eigenvalue weighted by Gasteiger charge is -2.24. The van der Waals surface area contributed by atoms with Crippen LogP contribution in [-0.2, 0) is 7.05 Å². The molecule has 4 aromatic carbocycles. The summed E-state index contributed by atoms with van der Waals surface area (Å²) in [4.78, 5) is 6.82. The van der Waals surface area contributed by atoms with Gasteiger partial charge in [-0.3, -0.25) is 4.57 Å². The van der Waals surface area contributed by atoms with Gasteiger partial charge in [-0.25, -0.2) is 4.98 Å². The number of anilines is 1. The zero-order chi connectivity index (χ0) is 29.9. The Balaban J connectivity index is 1.22. The summed E-state index contributed by atoms with van der Waals surface area (Å²) in [5, 5.41) is 2.32. The van der Waals surface area contributed by atoms with Crippen LogP contribution in [0.25, 0.3) is 33.3 Å². The quantitative estimate of drug-likeness (QED) is 0.142. The van der Waals surface area contributed by atoms with Crippen LogP contribution in [0.2, 0.25) is 0 Å². The average Bonchev–Trinajstić information content (AvgIpc) is 3.55. The fourth-order valence-corrected chi connectivity index (χ4v) is 6.40. The molecule has 8 rings (SSSR count). The molecule has 1 aliphatic rings. The molecule has 214 valence electrons. The highest BCUT2D eigenvalue weighted by Gasteiger charge is 2.38. The predicted octanol–water partition coefficient (Wildman–Crippen LogP) is 6.23. The van der Waals surface area contributed by atoms with E-state index in [1.54, 1.807) is 0 Å². The van der Waals surface area contributed by atoms with Crippen LogP contribution in [0.1, 0.15) is 11.1 Å². The predicted molar refractivity (Wildman–Crippen MR) is 175 cm³/mol. The van der Waals surface area contributed by atoms with E-state index in [9.17, 15) is 0 Å². The van der Waals surface area contributed by atoms with E-state index in [-0.39, 0.29) is 7.05 Å². The van der Waals surface area contributed by atoms with Crippen molar-refractivity contribution in [1.82, 2.24) is 14.1 Å². The number of benzene rings is 4. The Morgan fingerprint density at radius 3 is 2.36 bits per heavy atom. The first-order chi connectivity index (χ1) is 21.5. The fraction of sp³-hybridized carbons (Fsp3) is 0.111. The number of para-hydroxylation sites is 1. The van der Waals surface area contributed by atoms with Gasteiger partial charge in [0.15, 0.2) is 6.33 Å². The van der Waals surface area contributed by atoms with Gasteiger partial charge in [0.25, 0.3) is 0 Å². The van der Waals surface area contributed by atoms with Gasteiger partial charge in [0, 0.05) is 48.8 Å². The van der Waals surface area contributed by atoms with Gasteiger partial charge in [-0.05, 0) is 73.5 Å². The minimum atomic E-state index is -0.304. The number of nitrogens with zero attached hydrogens (tertiary/aromatic N) is 5. The molecule has 0 atom stereocenters. The SMILES string of the molecule is Cc1cccc(C)c1B1Oc2ccc(Oc3ccc4c5ccccc5n(-c5ccccn5)c4c3)cc2-[n+]2[c-]n(C)cc2N1C. The fourth-order valence-electron chi connectivity index (χ4n) is 6.40. The van der Waals surface area contributed by atoms with E-state index in [1.807, 2.05) is 64.8 Å². The van der Waals surface area contributed by atoms with E-state index in [4.69, 9.17) is 9.39 Å². The van der Waals surface area contributed by atoms with Crippen LogP contribution in [0.4, 0.5) is 5.82 Å². The molecule has 3 aromatic heterocycles. The first-order valence-corrected chi connectivity index (χ1v) is 14.7. The van der Waals surface area contributed by atoms with Crippen LogP contribution in [0.5, 0.6) is 17.2 Å². The van der Waals surface area contributed by atoms with Crippen molar-refractivity contribution in [2.24, 2.45) is 7.05 Å². The van der Waals surface area contributed by atoms with E-state index in [2.05, 4.69) is 102 Å². The van der Waals surface area contributed by atoms with E-state index in [1.165, 1.54) is 16.5 Å². The number of ether oxygens (including phenoxy) is 1. The minimum Gasteiger partial charge on any atom is -0.530 e. The van der Waals surface area contributed by atoms with Gasteiger partial charge in [0.2, 0.25) is 0 Å². The molecule has 0 aliphatic carbocycles. The molecule has 1 aliphatic heterocycles. The number of hydrogen-bond acceptors (Lipinski definition) is 4. The smallest absolute Gasteiger partial charge is 0.530 e. The first-order valence-electron chi connectivity index (χ1n) is 14.7. The zero-order valence-electron chi connectivity index (χ0n) is 25.0. The van der Waals surface area contributed by atoms with Gasteiger partial charge in [0.05, 0.1) is 22.5 Å². The number of hydrogen-bond donors (Lipinski definition) is 0. The Morgan fingerprint density at radius 1 is 0.795 bits per heavy atom. The highest BCUT2D eigenvalue weighted by molar-refractivity contribution is 6.72. The van der Waals surface area contributed by atoms with E-state index >= 15 is 0 Å². The second-order valence-electron chi connectivity index (χ2n) is 11.4. The number of pyridine rings is 1. The van der Waals surface area contributed by atoms with Crippen LogP contribution in [0.15, 0.2) is 109 Å². The van der Waals surface area contributed by atoms with Gasteiger partial charge >= 0.3 is 7.05 Å². The molecule has 7 nitrogen and oxygen atoms in total. The monoisotopic (exact) mass is 575 g/mol. The summed E-state index contributed by atoms with van der Waals surface area (Å²) < 4.78 is 19.5. The number of aromatic nitrogens is 4. The first kappa shape index (κ1) is 26.2. The third-order valence-corrected chi connectivity index (χ3v) is 8.47. The molecule has 0 radical (unpaired) electrons. The van der Waals surface area contributed by atoms with Crippen molar-refractivity contribution in [2.45, 2.75) is 13.8 Å². The third-order valence-electron chi connectivity index (χ3n) is 8.47. The van der Waals surface area contributed by atoms with Gasteiger partial charge < -0.3 is 23.3 Å². The molecular weight excluding hydrogens is 545 g/mol. The van der Waals surface area contributed by atoms with Crippen molar-refractivity contribution < 1.29 is 14.0 Å². The Morgan fingerprint density at radius 2 is 1.55 bits per heavy atom. The second kappa shape index (κ2) is 10.1. The van der Waals surface area contributed by atoms with Crippen LogP contribution >= 0.6 is 0 Å². The van der Waals surface area contributed by atoms with Crippen LogP contribution in [0.3, 0.4) is 0 Å². The van der Waals surface area contributed by atoms with Crippen molar-refractivity contribution in [3.63, 3.8) is 0 Å². The Kier molecular flexibility index (Phi) is 5.98. The Hall–Kier alpha value is -5.50. The number of rotatable bonds is 4. The van der Waals surface area contributed by atoms with Crippen molar-refractivity contribution >= 4 is 40.1 Å². The number of imidazole rings is 1. The molecule has 7 aromatic rings. The molecule has 4 heterocycles. The topological polar surface area (TPSA) is 48.3 Å². The van der Waals surface area contributed by atoms with Crippen molar-refractivity contribution in [1.29, 1.82) is 0 Å². The lowest BCUT2D eigenvalue weighted by molar-refractivity contribution is -0.586. The van der Waals surface area contributed by atoms with Gasteiger partial charge in [-0.2, -0.15) is 0 Å². The summed E-state index contributed by atoms with van der Waals surface area (Å²) in [6, 6.07) is 33.0. The van der Waals surface area contributed by atoms with Gasteiger partial charge in [-0.15, -0.1) is 0 Å². The number of fused-ring (bicyclic) bond motifs is 6. The lowest BCUT2D eigenvalue weighted by Crippen LogP contribution is -2.54. The average molecular weight is 575 g/mol. The molecule has 0 amide bonds. The highest BCUT2D eigenvalue weighted by Crippen LogP contribution is 2.36. The summed E-state index contributed by atoms with van der Waals surface area (Å²) in [5.41, 5.74) is 6.54. The zero-order valence-corrected chi connectivity index (χ0v) is 25.0. The molecule has 0 bridgehead atoms. The molecule has 8 heteroatoms. The molecule has 0 fully saturated rings. The van der Waals surface area contributed by atoms with E-state index in [0.717, 1.165) is 50.7 Å². The van der Waals surface area contributed by atoms with E-state index in [0.29, 0.717) is 5.75 Å². The second-order valence-corrected chi connectivity index (χ2v) is 11.4. The van der Waals surface area contributed by atoms with Crippen LogP contribution < -0.4 is 24.2 Å². The summed E-state index contributed by atoms with van der Waals surface area (Å²) >= 11 is 0. The van der Waals surface area contributed by atoms with Gasteiger partial charge in [0.1, 0.15) is 23.1 Å². The summed E-state index contributed by atoms with van der Waals surface area (Å²) in [7, 11) is 3.75. The van der Waals surface area contributed by atoms with Crippen LogP contribution in [-0.4, -0.2) is 28.2 Å². The normalized spacial score (nSPS) is 12.6. The molecule has 44 heavy (non-hydrogen) atoms. The van der Waals surface area contributed by atoms with Crippen LogP contribution in [0, 0.1) is 20.2 Å².